The minimum atomic E-state index is -0.793. The summed E-state index contributed by atoms with van der Waals surface area (Å²) in [5.41, 5.74) is 0. The lowest BCUT2D eigenvalue weighted by Gasteiger charge is -2.18. The van der Waals surface area contributed by atoms with Gasteiger partial charge in [0.2, 0.25) is 0 Å². The molecule has 0 heterocycles. The molecular formula is C57H102O6. The number of carbonyl (C=O) groups excluding carboxylic acids is 3. The van der Waals surface area contributed by atoms with Crippen LogP contribution in [0.15, 0.2) is 48.6 Å². The Kier molecular flexibility index (Phi) is 49.8. The molecule has 0 saturated carbocycles. The highest BCUT2D eigenvalue weighted by molar-refractivity contribution is 5.71. The first kappa shape index (κ1) is 60.4. The minimum absolute atomic E-state index is 0.0908. The van der Waals surface area contributed by atoms with E-state index in [1.165, 1.54) is 167 Å². The van der Waals surface area contributed by atoms with Gasteiger partial charge in [-0.3, -0.25) is 14.4 Å². The van der Waals surface area contributed by atoms with E-state index in [9.17, 15) is 14.4 Å². The van der Waals surface area contributed by atoms with Gasteiger partial charge < -0.3 is 14.2 Å². The SMILES string of the molecule is CCCC/C=C\CCCCCCCC(=O)OCC(COC(=O)CCC/C=C\C/C=C\C/C=C\CCCCCCCC)OC(=O)CCCCCCCCCCCCCCCCCCC. The maximum absolute atomic E-state index is 12.8. The summed E-state index contributed by atoms with van der Waals surface area (Å²) in [6.45, 7) is 6.57. The number of allylic oxidation sites excluding steroid dienone is 8. The Hall–Kier alpha value is -2.63. The van der Waals surface area contributed by atoms with Gasteiger partial charge in [0.15, 0.2) is 6.10 Å². The van der Waals surface area contributed by atoms with Gasteiger partial charge in [0.25, 0.3) is 0 Å². The number of unbranched alkanes of at least 4 members (excludes halogenated alkanes) is 30. The molecule has 0 aliphatic rings. The lowest BCUT2D eigenvalue weighted by molar-refractivity contribution is -0.167. The quantitative estimate of drug-likeness (QED) is 0.0262. The number of carbonyl (C=O) groups is 3. The molecule has 0 aromatic carbocycles. The lowest BCUT2D eigenvalue weighted by atomic mass is 10.0. The molecule has 6 heteroatoms. The van der Waals surface area contributed by atoms with Crippen molar-refractivity contribution >= 4 is 17.9 Å². The normalized spacial score (nSPS) is 12.4. The van der Waals surface area contributed by atoms with Crippen LogP contribution >= 0.6 is 0 Å². The summed E-state index contributed by atoms with van der Waals surface area (Å²) in [5.74, 6) is -0.944. The number of hydrogen-bond acceptors (Lipinski definition) is 6. The Morgan fingerprint density at radius 1 is 0.317 bits per heavy atom. The molecule has 0 aliphatic heterocycles. The first-order valence-corrected chi connectivity index (χ1v) is 27.1. The molecule has 366 valence electrons. The van der Waals surface area contributed by atoms with E-state index < -0.39 is 6.10 Å². The zero-order valence-electron chi connectivity index (χ0n) is 41.8. The Balaban J connectivity index is 4.40. The van der Waals surface area contributed by atoms with Crippen LogP contribution in [0.3, 0.4) is 0 Å². The molecule has 0 bridgehead atoms. The highest BCUT2D eigenvalue weighted by Crippen LogP contribution is 2.16. The highest BCUT2D eigenvalue weighted by Gasteiger charge is 2.19. The molecule has 0 aromatic heterocycles. The maximum atomic E-state index is 12.8. The van der Waals surface area contributed by atoms with Crippen LogP contribution < -0.4 is 0 Å². The second kappa shape index (κ2) is 52.0. The average Bonchev–Trinajstić information content (AvgIpc) is 3.28. The Labute approximate surface area is 390 Å². The van der Waals surface area contributed by atoms with Crippen molar-refractivity contribution in [3.8, 4) is 0 Å². The lowest BCUT2D eigenvalue weighted by Crippen LogP contribution is -2.30. The third-order valence-corrected chi connectivity index (χ3v) is 11.8. The van der Waals surface area contributed by atoms with Gasteiger partial charge in [-0.2, -0.15) is 0 Å². The average molecular weight is 883 g/mol. The van der Waals surface area contributed by atoms with Crippen LogP contribution in [0.4, 0.5) is 0 Å². The first-order valence-electron chi connectivity index (χ1n) is 27.1. The van der Waals surface area contributed by atoms with Gasteiger partial charge in [-0.15, -0.1) is 0 Å². The van der Waals surface area contributed by atoms with E-state index in [1.807, 2.05) is 0 Å². The monoisotopic (exact) mass is 883 g/mol. The fourth-order valence-corrected chi connectivity index (χ4v) is 7.68. The van der Waals surface area contributed by atoms with Crippen LogP contribution in [0.5, 0.6) is 0 Å². The molecule has 1 atom stereocenters. The number of ether oxygens (including phenoxy) is 3. The largest absolute Gasteiger partial charge is 0.462 e. The zero-order valence-corrected chi connectivity index (χ0v) is 41.8. The van der Waals surface area contributed by atoms with Crippen LogP contribution in [-0.4, -0.2) is 37.2 Å². The van der Waals surface area contributed by atoms with E-state index in [0.29, 0.717) is 25.7 Å². The highest BCUT2D eigenvalue weighted by atomic mass is 16.6. The minimum Gasteiger partial charge on any atom is -0.462 e. The van der Waals surface area contributed by atoms with Crippen LogP contribution in [0, 0.1) is 0 Å². The molecule has 0 aliphatic carbocycles. The van der Waals surface area contributed by atoms with Crippen molar-refractivity contribution in [3.63, 3.8) is 0 Å². The van der Waals surface area contributed by atoms with E-state index in [1.54, 1.807) is 0 Å². The number of hydrogen-bond donors (Lipinski definition) is 0. The van der Waals surface area contributed by atoms with Gasteiger partial charge in [0.05, 0.1) is 0 Å². The molecule has 63 heavy (non-hydrogen) atoms. The summed E-state index contributed by atoms with van der Waals surface area (Å²) in [5, 5.41) is 0. The topological polar surface area (TPSA) is 78.9 Å². The van der Waals surface area contributed by atoms with E-state index in [0.717, 1.165) is 64.2 Å². The molecule has 0 saturated heterocycles. The summed E-state index contributed by atoms with van der Waals surface area (Å²) in [6, 6.07) is 0. The van der Waals surface area contributed by atoms with Crippen molar-refractivity contribution in [2.45, 2.75) is 284 Å². The van der Waals surface area contributed by atoms with Gasteiger partial charge in [0.1, 0.15) is 13.2 Å². The molecule has 0 fully saturated rings. The second-order valence-electron chi connectivity index (χ2n) is 18.1. The van der Waals surface area contributed by atoms with Crippen molar-refractivity contribution in [2.75, 3.05) is 13.2 Å². The second-order valence-corrected chi connectivity index (χ2v) is 18.1. The number of esters is 3. The van der Waals surface area contributed by atoms with E-state index >= 15 is 0 Å². The Bertz CT molecular complexity index is 1110. The third kappa shape index (κ3) is 50.2. The summed E-state index contributed by atoms with van der Waals surface area (Å²) >= 11 is 0. The van der Waals surface area contributed by atoms with Gasteiger partial charge in [-0.1, -0.05) is 236 Å². The molecule has 0 N–H and O–H groups in total. The van der Waals surface area contributed by atoms with Crippen molar-refractivity contribution in [1.29, 1.82) is 0 Å². The van der Waals surface area contributed by atoms with Crippen molar-refractivity contribution in [1.82, 2.24) is 0 Å². The van der Waals surface area contributed by atoms with Gasteiger partial charge in [-0.05, 0) is 70.6 Å². The van der Waals surface area contributed by atoms with Crippen molar-refractivity contribution in [3.05, 3.63) is 48.6 Å². The molecule has 0 radical (unpaired) electrons. The van der Waals surface area contributed by atoms with Gasteiger partial charge in [0, 0.05) is 19.3 Å². The Morgan fingerprint density at radius 3 is 1.02 bits per heavy atom. The molecule has 0 aromatic rings. The van der Waals surface area contributed by atoms with Crippen molar-refractivity contribution in [2.24, 2.45) is 0 Å². The summed E-state index contributed by atoms with van der Waals surface area (Å²) in [4.78, 5) is 38.0. The molecule has 1 unspecified atom stereocenters. The molecule has 6 nitrogen and oxygen atoms in total. The fraction of sp³-hybridized carbons (Fsp3) is 0.807. The summed E-state index contributed by atoms with van der Waals surface area (Å²) in [6.07, 6.45) is 62.5. The van der Waals surface area contributed by atoms with Crippen molar-refractivity contribution < 1.29 is 28.6 Å². The standard InChI is InChI=1S/C57H102O6/c1-4-7-10-13-16-19-22-24-26-28-30-32-35-38-41-44-47-50-56(59)62-53-54(52-61-55(58)49-46-43-40-37-34-21-18-15-12-9-6-3)63-57(60)51-48-45-42-39-36-33-31-29-27-25-23-20-17-14-11-8-5-2/h15,18,24,26,30,32,38,41,54H,4-14,16-17,19-23,25,27-29,31,33-37,39-40,42-53H2,1-3H3/b18-15-,26-24-,32-30-,41-38-. The molecule has 0 amide bonds. The van der Waals surface area contributed by atoms with Gasteiger partial charge >= 0.3 is 17.9 Å². The van der Waals surface area contributed by atoms with Crippen LogP contribution in [0.25, 0.3) is 0 Å². The van der Waals surface area contributed by atoms with Crippen LogP contribution in [0.1, 0.15) is 278 Å². The molecular weight excluding hydrogens is 781 g/mol. The van der Waals surface area contributed by atoms with Gasteiger partial charge in [-0.25, -0.2) is 0 Å². The fourth-order valence-electron chi connectivity index (χ4n) is 7.68. The third-order valence-electron chi connectivity index (χ3n) is 11.8. The Morgan fingerprint density at radius 2 is 0.603 bits per heavy atom. The molecule has 0 spiro atoms. The van der Waals surface area contributed by atoms with Crippen LogP contribution in [0.2, 0.25) is 0 Å². The first-order chi connectivity index (χ1) is 31.0. The predicted octanol–water partition coefficient (Wildman–Crippen LogP) is 17.9. The predicted molar refractivity (Wildman–Crippen MR) is 270 cm³/mol. The van der Waals surface area contributed by atoms with Crippen LogP contribution in [-0.2, 0) is 28.6 Å². The molecule has 0 rings (SSSR count). The summed E-state index contributed by atoms with van der Waals surface area (Å²) in [7, 11) is 0. The van der Waals surface area contributed by atoms with E-state index in [4.69, 9.17) is 14.2 Å². The summed E-state index contributed by atoms with van der Waals surface area (Å²) < 4.78 is 16.8. The smallest absolute Gasteiger partial charge is 0.306 e. The maximum Gasteiger partial charge on any atom is 0.306 e. The zero-order chi connectivity index (χ0) is 45.8. The van der Waals surface area contributed by atoms with E-state index in [2.05, 4.69) is 69.4 Å². The number of rotatable bonds is 49. The van der Waals surface area contributed by atoms with E-state index in [-0.39, 0.29) is 31.1 Å².